The maximum absolute atomic E-state index is 5.47. The summed E-state index contributed by atoms with van der Waals surface area (Å²) in [5.74, 6) is 1.78. The monoisotopic (exact) mass is 376 g/mol. The Morgan fingerprint density at radius 2 is 1.64 bits per heavy atom. The molecule has 0 radical (unpaired) electrons. The van der Waals surface area contributed by atoms with E-state index in [1.807, 2.05) is 54.4 Å². The van der Waals surface area contributed by atoms with Crippen molar-refractivity contribution in [3.63, 3.8) is 0 Å². The van der Waals surface area contributed by atoms with E-state index in [1.54, 1.807) is 0 Å². The van der Waals surface area contributed by atoms with Gasteiger partial charge in [0.05, 0.1) is 13.2 Å². The van der Waals surface area contributed by atoms with Crippen LogP contribution < -0.4 is 15.1 Å². The zero-order valence-corrected chi connectivity index (χ0v) is 16.2. The summed E-state index contributed by atoms with van der Waals surface area (Å²) in [4.78, 5) is 18.1. The second kappa shape index (κ2) is 8.22. The molecule has 0 bridgehead atoms. The Balaban J connectivity index is 1.68. The Bertz CT molecular complexity index is 910. The van der Waals surface area contributed by atoms with E-state index in [0.29, 0.717) is 31.1 Å². The lowest BCUT2D eigenvalue weighted by molar-refractivity contribution is 0.122. The van der Waals surface area contributed by atoms with Gasteiger partial charge in [0.1, 0.15) is 0 Å². The highest BCUT2D eigenvalue weighted by atomic mass is 16.5. The summed E-state index contributed by atoms with van der Waals surface area (Å²) < 4.78 is 5.47. The molecule has 0 spiro atoms. The molecule has 0 amide bonds. The van der Waals surface area contributed by atoms with Gasteiger partial charge in [0.2, 0.25) is 17.8 Å². The first kappa shape index (κ1) is 18.2. The van der Waals surface area contributed by atoms with Gasteiger partial charge in [0, 0.05) is 31.5 Å². The van der Waals surface area contributed by atoms with E-state index in [0.717, 1.165) is 24.5 Å². The van der Waals surface area contributed by atoms with Crippen LogP contribution in [0.25, 0.3) is 0 Å². The molecular weight excluding hydrogens is 352 g/mol. The summed E-state index contributed by atoms with van der Waals surface area (Å²) in [7, 11) is 1.96. The molecule has 2 heterocycles. The van der Waals surface area contributed by atoms with E-state index < -0.39 is 0 Å². The molecule has 7 nitrogen and oxygen atoms in total. The third-order valence-electron chi connectivity index (χ3n) is 4.66. The molecule has 1 aliphatic heterocycles. The average molecular weight is 376 g/mol. The van der Waals surface area contributed by atoms with Crippen LogP contribution in [0.15, 0.2) is 54.6 Å². The summed E-state index contributed by atoms with van der Waals surface area (Å²) >= 11 is 0. The molecule has 3 aromatic rings. The first-order valence-electron chi connectivity index (χ1n) is 9.40. The lowest BCUT2D eigenvalue weighted by Crippen LogP contribution is -2.37. The second-order valence-corrected chi connectivity index (χ2v) is 6.74. The number of benzene rings is 2. The summed E-state index contributed by atoms with van der Waals surface area (Å²) in [6.07, 6.45) is 0. The normalized spacial score (nSPS) is 14.0. The molecule has 0 saturated carbocycles. The van der Waals surface area contributed by atoms with Gasteiger partial charge >= 0.3 is 0 Å². The van der Waals surface area contributed by atoms with Crippen molar-refractivity contribution in [2.45, 2.75) is 6.92 Å². The molecule has 1 fully saturated rings. The van der Waals surface area contributed by atoms with Crippen LogP contribution in [0.1, 0.15) is 5.56 Å². The number of nitrogens with zero attached hydrogens (tertiary/aromatic N) is 5. The molecule has 2 aromatic carbocycles. The van der Waals surface area contributed by atoms with E-state index in [1.165, 1.54) is 5.56 Å². The van der Waals surface area contributed by atoms with Gasteiger partial charge in [-0.25, -0.2) is 0 Å². The number of anilines is 5. The zero-order valence-electron chi connectivity index (χ0n) is 16.2. The topological polar surface area (TPSA) is 66.4 Å². The van der Waals surface area contributed by atoms with Crippen LogP contribution in [-0.4, -0.2) is 48.3 Å². The minimum atomic E-state index is 0.526. The average Bonchev–Trinajstić information content (AvgIpc) is 2.76. The highest BCUT2D eigenvalue weighted by Crippen LogP contribution is 2.24. The highest BCUT2D eigenvalue weighted by molar-refractivity contribution is 5.61. The van der Waals surface area contributed by atoms with Gasteiger partial charge in [-0.05, 0) is 31.2 Å². The quantitative estimate of drug-likeness (QED) is 0.731. The van der Waals surface area contributed by atoms with Gasteiger partial charge in [-0.1, -0.05) is 35.9 Å². The lowest BCUT2D eigenvalue weighted by atomic mass is 10.2. The fourth-order valence-electron chi connectivity index (χ4n) is 3.00. The zero-order chi connectivity index (χ0) is 19.3. The number of para-hydroxylation sites is 1. The molecule has 1 aliphatic rings. The fraction of sp³-hybridized carbons (Fsp3) is 0.286. The van der Waals surface area contributed by atoms with Gasteiger partial charge in [0.25, 0.3) is 0 Å². The smallest absolute Gasteiger partial charge is 0.236 e. The molecule has 7 heteroatoms. The van der Waals surface area contributed by atoms with Crippen molar-refractivity contribution in [1.29, 1.82) is 0 Å². The van der Waals surface area contributed by atoms with Gasteiger partial charge < -0.3 is 19.9 Å². The van der Waals surface area contributed by atoms with Crippen LogP contribution in [0.4, 0.5) is 29.2 Å². The fourth-order valence-corrected chi connectivity index (χ4v) is 3.00. The molecule has 0 aliphatic carbocycles. The summed E-state index contributed by atoms with van der Waals surface area (Å²) in [5.41, 5.74) is 3.17. The van der Waals surface area contributed by atoms with Crippen molar-refractivity contribution in [3.05, 3.63) is 60.2 Å². The number of aryl methyl sites for hydroxylation is 1. The molecule has 28 heavy (non-hydrogen) atoms. The van der Waals surface area contributed by atoms with Gasteiger partial charge in [-0.2, -0.15) is 15.0 Å². The van der Waals surface area contributed by atoms with E-state index >= 15 is 0 Å². The molecule has 0 atom stereocenters. The summed E-state index contributed by atoms with van der Waals surface area (Å²) in [5, 5.41) is 3.31. The molecule has 1 aromatic heterocycles. The first-order chi connectivity index (χ1) is 13.7. The van der Waals surface area contributed by atoms with Crippen LogP contribution in [0.3, 0.4) is 0 Å². The van der Waals surface area contributed by atoms with Crippen molar-refractivity contribution in [1.82, 2.24) is 15.0 Å². The largest absolute Gasteiger partial charge is 0.378 e. The van der Waals surface area contributed by atoms with E-state index in [4.69, 9.17) is 9.72 Å². The SMILES string of the molecule is Cc1ccc(Nc2nc(N3CCOCC3)nc(N(C)c3ccccc3)n2)cc1. The van der Waals surface area contributed by atoms with Crippen molar-refractivity contribution < 1.29 is 4.74 Å². The van der Waals surface area contributed by atoms with Gasteiger partial charge in [-0.3, -0.25) is 0 Å². The summed E-state index contributed by atoms with van der Waals surface area (Å²) in [6, 6.07) is 18.2. The minimum absolute atomic E-state index is 0.526. The van der Waals surface area contributed by atoms with Gasteiger partial charge in [-0.15, -0.1) is 0 Å². The molecule has 0 unspecified atom stereocenters. The number of nitrogens with one attached hydrogen (secondary N) is 1. The Hall–Kier alpha value is -3.19. The minimum Gasteiger partial charge on any atom is -0.378 e. The van der Waals surface area contributed by atoms with Crippen molar-refractivity contribution in [3.8, 4) is 0 Å². The third-order valence-corrected chi connectivity index (χ3v) is 4.66. The second-order valence-electron chi connectivity index (χ2n) is 6.74. The molecule has 4 rings (SSSR count). The number of rotatable bonds is 5. The number of hydrogen-bond donors (Lipinski definition) is 1. The Morgan fingerprint density at radius 1 is 0.929 bits per heavy atom. The van der Waals surface area contributed by atoms with Crippen LogP contribution in [0, 0.1) is 6.92 Å². The molecular formula is C21H24N6O. The van der Waals surface area contributed by atoms with Crippen molar-refractivity contribution in [2.24, 2.45) is 0 Å². The number of morpholine rings is 1. The molecule has 1 saturated heterocycles. The lowest BCUT2D eigenvalue weighted by Gasteiger charge is -2.28. The third kappa shape index (κ3) is 4.20. The molecule has 144 valence electrons. The van der Waals surface area contributed by atoms with Crippen molar-refractivity contribution in [2.75, 3.05) is 48.5 Å². The Labute approximate surface area is 165 Å². The van der Waals surface area contributed by atoms with Crippen LogP contribution in [0.2, 0.25) is 0 Å². The standard InChI is InChI=1S/C21H24N6O/c1-16-8-10-17(11-9-16)22-19-23-20(26(2)18-6-4-3-5-7-18)25-21(24-19)27-12-14-28-15-13-27/h3-11H,12-15H2,1-2H3,(H,22,23,24,25). The number of aromatic nitrogens is 3. The predicted octanol–water partition coefficient (Wildman–Crippen LogP) is 3.53. The predicted molar refractivity (Wildman–Crippen MR) is 112 cm³/mol. The van der Waals surface area contributed by atoms with Crippen LogP contribution in [-0.2, 0) is 4.74 Å². The molecule has 1 N–H and O–H groups in total. The first-order valence-corrected chi connectivity index (χ1v) is 9.40. The summed E-state index contributed by atoms with van der Waals surface area (Å²) in [6.45, 7) is 4.95. The van der Waals surface area contributed by atoms with E-state index in [-0.39, 0.29) is 0 Å². The maximum atomic E-state index is 5.47. The maximum Gasteiger partial charge on any atom is 0.236 e. The number of ether oxygens (including phenoxy) is 1. The Kier molecular flexibility index (Phi) is 5.34. The van der Waals surface area contributed by atoms with Crippen LogP contribution >= 0.6 is 0 Å². The number of hydrogen-bond acceptors (Lipinski definition) is 7. The van der Waals surface area contributed by atoms with Crippen molar-refractivity contribution >= 4 is 29.2 Å². The van der Waals surface area contributed by atoms with Gasteiger partial charge in [0.15, 0.2) is 0 Å². The Morgan fingerprint density at radius 3 is 2.36 bits per heavy atom. The highest BCUT2D eigenvalue weighted by Gasteiger charge is 2.18. The van der Waals surface area contributed by atoms with Crippen LogP contribution in [0.5, 0.6) is 0 Å². The van der Waals surface area contributed by atoms with E-state index in [2.05, 4.69) is 39.2 Å². The van der Waals surface area contributed by atoms with E-state index in [9.17, 15) is 0 Å².